The lowest BCUT2D eigenvalue weighted by Gasteiger charge is -2.15. The number of nitrogens with two attached hydrogens (primary N) is 1. The summed E-state index contributed by atoms with van der Waals surface area (Å²) in [5.74, 6) is 4.30. The van der Waals surface area contributed by atoms with E-state index in [1.54, 1.807) is 36.4 Å². The number of benzene rings is 2. The van der Waals surface area contributed by atoms with Crippen molar-refractivity contribution < 1.29 is 18.7 Å². The van der Waals surface area contributed by atoms with Gasteiger partial charge in [-0.25, -0.2) is 9.18 Å². The van der Waals surface area contributed by atoms with Crippen molar-refractivity contribution in [2.24, 2.45) is 16.2 Å². The first kappa shape index (κ1) is 24.3. The summed E-state index contributed by atoms with van der Waals surface area (Å²) in [5.41, 5.74) is 2.76. The van der Waals surface area contributed by atoms with Crippen molar-refractivity contribution in [3.05, 3.63) is 60.6 Å². The second-order valence-corrected chi connectivity index (χ2v) is 6.93. The van der Waals surface area contributed by atoms with E-state index >= 15 is 0 Å². The molecule has 1 aliphatic rings. The minimum absolute atomic E-state index is 0. The topological polar surface area (TPSA) is 121 Å². The van der Waals surface area contributed by atoms with Crippen LogP contribution < -0.4 is 21.4 Å². The van der Waals surface area contributed by atoms with Gasteiger partial charge in [0.1, 0.15) is 11.9 Å². The van der Waals surface area contributed by atoms with Crippen LogP contribution in [0, 0.1) is 5.82 Å². The molecule has 0 spiro atoms. The van der Waals surface area contributed by atoms with Crippen LogP contribution in [-0.2, 0) is 9.53 Å². The summed E-state index contributed by atoms with van der Waals surface area (Å²) >= 11 is 0. The highest BCUT2D eigenvalue weighted by Crippen LogP contribution is 2.29. The molecule has 3 rings (SSSR count). The van der Waals surface area contributed by atoms with E-state index in [4.69, 9.17) is 10.6 Å². The normalized spacial score (nSPS) is 15.2. The molecule has 1 aliphatic heterocycles. The van der Waals surface area contributed by atoms with Crippen LogP contribution in [0.15, 0.2) is 65.1 Å². The number of halogens is 1. The third-order valence-electron chi connectivity index (χ3n) is 4.61. The molecule has 2 aromatic carbocycles. The first-order valence-corrected chi connectivity index (χ1v) is 9.52. The van der Waals surface area contributed by atoms with E-state index in [1.807, 2.05) is 0 Å². The smallest absolute Gasteiger partial charge is 0.414 e. The van der Waals surface area contributed by atoms with Crippen molar-refractivity contribution in [3.8, 4) is 11.1 Å². The molecule has 0 aromatic heterocycles. The summed E-state index contributed by atoms with van der Waals surface area (Å²) in [5, 5.41) is 12.5. The van der Waals surface area contributed by atoms with Gasteiger partial charge in [0, 0.05) is 18.2 Å². The van der Waals surface area contributed by atoms with Gasteiger partial charge in [-0.3, -0.25) is 9.69 Å². The predicted molar refractivity (Wildman–Crippen MR) is 122 cm³/mol. The molecule has 0 unspecified atom stereocenters. The predicted octanol–water partition coefficient (Wildman–Crippen LogP) is 3.84. The van der Waals surface area contributed by atoms with Crippen LogP contribution in [0.3, 0.4) is 0 Å². The van der Waals surface area contributed by atoms with Crippen LogP contribution in [0.25, 0.3) is 11.1 Å². The Morgan fingerprint density at radius 1 is 1.31 bits per heavy atom. The molecule has 1 fully saturated rings. The van der Waals surface area contributed by atoms with Crippen LogP contribution in [0.5, 0.6) is 0 Å². The number of nitrogens with one attached hydrogen (secondary N) is 2. The number of cyclic esters (lactones) is 1. The van der Waals surface area contributed by atoms with Gasteiger partial charge in [0.05, 0.1) is 31.0 Å². The number of anilines is 2. The quantitative estimate of drug-likeness (QED) is 0.326. The fourth-order valence-corrected chi connectivity index (χ4v) is 3.09. The summed E-state index contributed by atoms with van der Waals surface area (Å²) in [4.78, 5) is 24.5. The number of hydrogen-bond donors (Lipinski definition) is 3. The van der Waals surface area contributed by atoms with Crippen molar-refractivity contribution in [2.75, 3.05) is 29.9 Å². The van der Waals surface area contributed by atoms with Gasteiger partial charge in [-0.1, -0.05) is 31.4 Å². The van der Waals surface area contributed by atoms with Crippen molar-refractivity contribution >= 4 is 23.4 Å². The van der Waals surface area contributed by atoms with Crippen molar-refractivity contribution in [1.29, 1.82) is 0 Å². The van der Waals surface area contributed by atoms with Crippen molar-refractivity contribution in [1.82, 2.24) is 5.32 Å². The van der Waals surface area contributed by atoms with Crippen LogP contribution in [-0.4, -0.2) is 37.7 Å². The SMILES string of the molecule is C.C=C(CNc1ccc(-c2ccc(N3C[C@H](CNC(C)=O)OC3=O)cc2F)cc1)N=NN. The molecule has 0 bridgehead atoms. The van der Waals surface area contributed by atoms with Crippen LogP contribution in [0.4, 0.5) is 20.6 Å². The number of hydrogen-bond acceptors (Lipinski definition) is 6. The van der Waals surface area contributed by atoms with Crippen LogP contribution in [0.1, 0.15) is 14.4 Å². The molecule has 1 atom stereocenters. The van der Waals surface area contributed by atoms with Gasteiger partial charge in [-0.05, 0) is 35.9 Å². The summed E-state index contributed by atoms with van der Waals surface area (Å²) in [6.45, 7) is 5.89. The number of nitrogens with zero attached hydrogens (tertiary/aromatic N) is 3. The molecule has 1 saturated heterocycles. The fraction of sp³-hybridized carbons (Fsp3) is 0.273. The van der Waals surface area contributed by atoms with Crippen LogP contribution >= 0.6 is 0 Å². The van der Waals surface area contributed by atoms with Gasteiger partial charge in [0.25, 0.3) is 0 Å². The second-order valence-electron chi connectivity index (χ2n) is 6.93. The van der Waals surface area contributed by atoms with Gasteiger partial charge in [0.15, 0.2) is 0 Å². The minimum Gasteiger partial charge on any atom is -0.442 e. The Labute approximate surface area is 186 Å². The molecular weight excluding hydrogens is 415 g/mol. The lowest BCUT2D eigenvalue weighted by atomic mass is 10.0. The average molecular weight is 442 g/mol. The van der Waals surface area contributed by atoms with E-state index in [1.165, 1.54) is 17.9 Å². The molecule has 2 aromatic rings. The van der Waals surface area contributed by atoms with Gasteiger partial charge >= 0.3 is 6.09 Å². The van der Waals surface area contributed by atoms with E-state index in [0.717, 1.165) is 5.69 Å². The third-order valence-corrected chi connectivity index (χ3v) is 4.61. The van der Waals surface area contributed by atoms with E-state index < -0.39 is 18.0 Å². The minimum atomic E-state index is -0.575. The average Bonchev–Trinajstić information content (AvgIpc) is 3.12. The number of ether oxygens (including phenoxy) is 1. The van der Waals surface area contributed by atoms with Gasteiger partial charge in [-0.15, -0.1) is 5.11 Å². The summed E-state index contributed by atoms with van der Waals surface area (Å²) in [7, 11) is 0. The number of amides is 2. The van der Waals surface area contributed by atoms with Gasteiger partial charge < -0.3 is 21.2 Å². The number of rotatable bonds is 8. The Balaban J connectivity index is 0.00000363. The maximum absolute atomic E-state index is 14.8. The van der Waals surface area contributed by atoms with Crippen molar-refractivity contribution in [3.63, 3.8) is 0 Å². The molecule has 10 heteroatoms. The highest BCUT2D eigenvalue weighted by Gasteiger charge is 2.32. The van der Waals surface area contributed by atoms with Gasteiger partial charge in [0.2, 0.25) is 5.91 Å². The molecule has 170 valence electrons. The lowest BCUT2D eigenvalue weighted by molar-refractivity contribution is -0.119. The summed E-state index contributed by atoms with van der Waals surface area (Å²) < 4.78 is 20.0. The van der Waals surface area contributed by atoms with E-state index in [0.29, 0.717) is 29.1 Å². The maximum Gasteiger partial charge on any atom is 0.414 e. The van der Waals surface area contributed by atoms with Crippen LogP contribution in [0.2, 0.25) is 0 Å². The molecule has 0 radical (unpaired) electrons. The zero-order chi connectivity index (χ0) is 22.4. The first-order valence-electron chi connectivity index (χ1n) is 9.52. The van der Waals surface area contributed by atoms with E-state index in [2.05, 4.69) is 27.6 Å². The second kappa shape index (κ2) is 10.9. The van der Waals surface area contributed by atoms with E-state index in [-0.39, 0.29) is 26.4 Å². The fourth-order valence-electron chi connectivity index (χ4n) is 3.09. The highest BCUT2D eigenvalue weighted by atomic mass is 19.1. The zero-order valence-electron chi connectivity index (χ0n) is 17.0. The third kappa shape index (κ3) is 6.03. The molecule has 0 saturated carbocycles. The Kier molecular flexibility index (Phi) is 8.28. The molecule has 2 amide bonds. The van der Waals surface area contributed by atoms with Crippen molar-refractivity contribution in [2.45, 2.75) is 20.5 Å². The van der Waals surface area contributed by atoms with Gasteiger partial charge in [-0.2, -0.15) is 0 Å². The summed E-state index contributed by atoms with van der Waals surface area (Å²) in [6, 6.07) is 11.7. The standard InChI is InChI=1S/C21H23FN6O3.CH4/c1-13(26-27-23)10-25-16-5-3-15(4-6-16)19-8-7-17(9-20(19)22)28-12-18(31-21(28)30)11-24-14(2)29;/h3-9,18,25H,1,10-12H2,2H3,(H2,23,26)(H,24,29);1H4/t18-;/m0./s1. The molecule has 32 heavy (non-hydrogen) atoms. The molecular formula is C22H27FN6O3. The molecule has 4 N–H and O–H groups in total. The number of carbonyl (C=O) groups excluding carboxylic acids is 2. The molecule has 9 nitrogen and oxygen atoms in total. The Morgan fingerprint density at radius 2 is 2.03 bits per heavy atom. The largest absolute Gasteiger partial charge is 0.442 e. The maximum atomic E-state index is 14.8. The first-order chi connectivity index (χ1) is 14.9. The Bertz CT molecular complexity index is 1010. The monoisotopic (exact) mass is 442 g/mol. The zero-order valence-corrected chi connectivity index (χ0v) is 17.0. The Hall–Kier alpha value is -3.95. The highest BCUT2D eigenvalue weighted by molar-refractivity contribution is 5.90. The molecule has 1 heterocycles. The number of carbonyl (C=O) groups is 2. The molecule has 0 aliphatic carbocycles. The Morgan fingerprint density at radius 3 is 2.66 bits per heavy atom. The summed E-state index contributed by atoms with van der Waals surface area (Å²) in [6.07, 6.45) is -1.06. The van der Waals surface area contributed by atoms with E-state index in [9.17, 15) is 14.0 Å². The lowest BCUT2D eigenvalue weighted by Crippen LogP contribution is -2.33.